The van der Waals surface area contributed by atoms with Crippen molar-refractivity contribution in [3.8, 4) is 0 Å². The van der Waals surface area contributed by atoms with Crippen molar-refractivity contribution in [3.05, 3.63) is 111 Å². The molecule has 222 valence electrons. The minimum atomic E-state index is -4.67. The summed E-state index contributed by atoms with van der Waals surface area (Å²) in [5.74, 6) is -3.46. The van der Waals surface area contributed by atoms with Gasteiger partial charge in [-0.25, -0.2) is 4.90 Å². The average molecular weight is 636 g/mol. The molecule has 5 aromatic rings. The highest BCUT2D eigenvalue weighted by molar-refractivity contribution is 8.00. The Hall–Kier alpha value is -4.62. The predicted octanol–water partition coefficient (Wildman–Crippen LogP) is 6.11. The van der Waals surface area contributed by atoms with E-state index in [4.69, 9.17) is 4.42 Å². The van der Waals surface area contributed by atoms with Crippen LogP contribution in [0.25, 0.3) is 10.8 Å². The maximum absolute atomic E-state index is 13.8. The summed E-state index contributed by atoms with van der Waals surface area (Å²) in [7, 11) is 0. The molecule has 3 amide bonds. The maximum atomic E-state index is 13.8. The van der Waals surface area contributed by atoms with Crippen LogP contribution in [0.15, 0.2) is 99.4 Å². The third-order valence-corrected chi connectivity index (χ3v) is 10.3. The second kappa shape index (κ2) is 10.5. The molecule has 0 unspecified atom stereocenters. The molecule has 8 nitrogen and oxygen atoms in total. The number of nitrogens with one attached hydrogen (secondary N) is 1. The highest BCUT2D eigenvalue weighted by Gasteiger charge is 2.57. The normalized spacial score (nSPS) is 19.7. The van der Waals surface area contributed by atoms with Gasteiger partial charge in [0.05, 0.1) is 39.3 Å². The number of imide groups is 1. The Morgan fingerprint density at radius 3 is 2.45 bits per heavy atom. The minimum absolute atomic E-state index is 0.196. The molecule has 0 radical (unpaired) electrons. The van der Waals surface area contributed by atoms with Crippen LogP contribution >= 0.6 is 23.1 Å². The first-order chi connectivity index (χ1) is 21.1. The molecule has 0 bridgehead atoms. The monoisotopic (exact) mass is 635 g/mol. The van der Waals surface area contributed by atoms with E-state index in [9.17, 15) is 32.3 Å². The fourth-order valence-electron chi connectivity index (χ4n) is 5.72. The third kappa shape index (κ3) is 4.72. The number of aromatic nitrogens is 1. The fraction of sp³-hybridized carbons (Fsp3) is 0.161. The Balaban J connectivity index is 1.23. The molecule has 3 atom stereocenters. The maximum Gasteiger partial charge on any atom is 0.416 e. The molecule has 4 heterocycles. The molecule has 3 aromatic carbocycles. The topological polar surface area (TPSA) is 102 Å². The molecule has 13 heteroatoms. The van der Waals surface area contributed by atoms with E-state index in [1.165, 1.54) is 16.9 Å². The molecule has 44 heavy (non-hydrogen) atoms. The lowest BCUT2D eigenvalue weighted by Crippen LogP contribution is -2.32. The Kier molecular flexibility index (Phi) is 6.74. The molecule has 7 rings (SSSR count). The third-order valence-electron chi connectivity index (χ3n) is 7.67. The number of amides is 3. The van der Waals surface area contributed by atoms with Gasteiger partial charge in [0.2, 0.25) is 17.7 Å². The van der Waals surface area contributed by atoms with Gasteiger partial charge in [0, 0.05) is 5.69 Å². The second-order valence-corrected chi connectivity index (χ2v) is 12.5. The van der Waals surface area contributed by atoms with Crippen LogP contribution in [-0.2, 0) is 27.1 Å². The standard InChI is InChI=1S/C31H20F3N3O5S2/c32-31(33,34)18-7-3-8-20(14-18)37-27(39)24-23(21-9-4-12-42-21)26-29(43-25(24)28(37)40)36(30(41)44-26)15-22(38)35-19-11-10-16-5-1-2-6-17(16)13-19/h1-14,23-25H,15H2,(H,35,38)/t23-,24-,25+/m0/s1. The van der Waals surface area contributed by atoms with Gasteiger partial charge < -0.3 is 9.73 Å². The van der Waals surface area contributed by atoms with Gasteiger partial charge >= 0.3 is 11.0 Å². The zero-order chi connectivity index (χ0) is 30.7. The number of rotatable bonds is 5. The molecule has 1 fully saturated rings. The van der Waals surface area contributed by atoms with Crippen LogP contribution < -0.4 is 15.1 Å². The van der Waals surface area contributed by atoms with Crippen molar-refractivity contribution in [2.75, 3.05) is 10.2 Å². The highest BCUT2D eigenvalue weighted by atomic mass is 32.2. The number of fused-ring (bicyclic) bond motifs is 3. The van der Waals surface area contributed by atoms with E-state index in [1.54, 1.807) is 18.2 Å². The second-order valence-electron chi connectivity index (χ2n) is 10.4. The highest BCUT2D eigenvalue weighted by Crippen LogP contribution is 2.54. The summed E-state index contributed by atoms with van der Waals surface area (Å²) in [5.41, 5.74) is -0.648. The molecule has 2 aliphatic heterocycles. The number of thioether (sulfide) groups is 1. The van der Waals surface area contributed by atoms with Crippen LogP contribution in [-0.4, -0.2) is 27.5 Å². The molecular formula is C31H20F3N3O5S2. The summed E-state index contributed by atoms with van der Waals surface area (Å²) in [5, 5.41) is 4.00. The predicted molar refractivity (Wildman–Crippen MR) is 159 cm³/mol. The van der Waals surface area contributed by atoms with E-state index in [0.717, 1.165) is 57.0 Å². The number of thiazole rings is 1. The number of carbonyl (C=O) groups is 3. The van der Waals surface area contributed by atoms with Crippen molar-refractivity contribution in [3.63, 3.8) is 0 Å². The molecule has 0 spiro atoms. The molecule has 0 aliphatic carbocycles. The van der Waals surface area contributed by atoms with Gasteiger partial charge in [0.1, 0.15) is 17.6 Å². The lowest BCUT2D eigenvalue weighted by atomic mass is 9.87. The smallest absolute Gasteiger partial charge is 0.416 e. The van der Waals surface area contributed by atoms with Crippen LogP contribution in [0.4, 0.5) is 24.5 Å². The zero-order valence-electron chi connectivity index (χ0n) is 22.4. The van der Waals surface area contributed by atoms with Gasteiger partial charge in [0.25, 0.3) is 0 Å². The lowest BCUT2D eigenvalue weighted by Gasteiger charge is -2.29. The largest absolute Gasteiger partial charge is 0.469 e. The SMILES string of the molecule is O=C(Cn1c2c(sc1=O)[C@@H](c1ccco1)[C@@H]1C(=O)N(c3cccc(C(F)(F)F)c3)C(=O)[C@@H]1S2)Nc1ccc2ccccc2c1. The molecular weight excluding hydrogens is 615 g/mol. The Labute approximate surface area is 255 Å². The first kappa shape index (κ1) is 28.2. The summed E-state index contributed by atoms with van der Waals surface area (Å²) in [6.45, 7) is -0.355. The number of nitrogens with zero attached hydrogens (tertiary/aromatic N) is 2. The van der Waals surface area contributed by atoms with Crippen molar-refractivity contribution < 1.29 is 32.0 Å². The number of hydrogen-bond donors (Lipinski definition) is 1. The molecule has 2 aromatic heterocycles. The van der Waals surface area contributed by atoms with E-state index in [0.29, 0.717) is 21.4 Å². The van der Waals surface area contributed by atoms with Crippen LogP contribution in [0.5, 0.6) is 0 Å². The molecule has 2 aliphatic rings. The minimum Gasteiger partial charge on any atom is -0.469 e. The number of alkyl halides is 3. The number of hydrogen-bond acceptors (Lipinski definition) is 7. The number of anilines is 2. The van der Waals surface area contributed by atoms with Gasteiger partial charge in [-0.3, -0.25) is 23.7 Å². The Morgan fingerprint density at radius 2 is 1.70 bits per heavy atom. The van der Waals surface area contributed by atoms with Crippen LogP contribution in [0.1, 0.15) is 22.1 Å². The number of furan rings is 1. The van der Waals surface area contributed by atoms with Gasteiger partial charge in [-0.05, 0) is 53.2 Å². The number of halogens is 3. The Bertz CT molecular complexity index is 2020. The van der Waals surface area contributed by atoms with E-state index < -0.39 is 51.4 Å². The summed E-state index contributed by atoms with van der Waals surface area (Å²) in [6.07, 6.45) is -3.28. The summed E-state index contributed by atoms with van der Waals surface area (Å²) in [6, 6.07) is 20.4. The van der Waals surface area contributed by atoms with Crippen LogP contribution in [0, 0.1) is 5.92 Å². The number of benzene rings is 3. The fourth-order valence-corrected chi connectivity index (χ4v) is 8.47. The van der Waals surface area contributed by atoms with Crippen molar-refractivity contribution >= 4 is 63.0 Å². The van der Waals surface area contributed by atoms with E-state index >= 15 is 0 Å². The lowest BCUT2D eigenvalue weighted by molar-refractivity contribution is -0.137. The van der Waals surface area contributed by atoms with E-state index in [-0.39, 0.29) is 12.2 Å². The van der Waals surface area contributed by atoms with E-state index in [1.807, 2.05) is 36.4 Å². The first-order valence-electron chi connectivity index (χ1n) is 13.4. The van der Waals surface area contributed by atoms with Gasteiger partial charge in [-0.15, -0.1) is 0 Å². The van der Waals surface area contributed by atoms with Crippen molar-refractivity contribution in [1.29, 1.82) is 0 Å². The van der Waals surface area contributed by atoms with Crippen LogP contribution in [0.3, 0.4) is 0 Å². The van der Waals surface area contributed by atoms with Gasteiger partial charge in [-0.1, -0.05) is 59.5 Å². The van der Waals surface area contributed by atoms with E-state index in [2.05, 4.69) is 5.32 Å². The zero-order valence-corrected chi connectivity index (χ0v) is 24.0. The van der Waals surface area contributed by atoms with Gasteiger partial charge in [0.15, 0.2) is 0 Å². The molecule has 0 saturated carbocycles. The average Bonchev–Trinajstić information content (AvgIpc) is 3.69. The number of carbonyl (C=O) groups excluding carboxylic acids is 3. The first-order valence-corrected chi connectivity index (χ1v) is 15.1. The Morgan fingerprint density at radius 1 is 0.909 bits per heavy atom. The van der Waals surface area contributed by atoms with Crippen molar-refractivity contribution in [1.82, 2.24) is 4.57 Å². The summed E-state index contributed by atoms with van der Waals surface area (Å²) in [4.78, 5) is 54.7. The van der Waals surface area contributed by atoms with Gasteiger partial charge in [-0.2, -0.15) is 13.2 Å². The summed E-state index contributed by atoms with van der Waals surface area (Å²) >= 11 is 1.81. The quantitative estimate of drug-likeness (QED) is 0.234. The van der Waals surface area contributed by atoms with Crippen LogP contribution in [0.2, 0.25) is 0 Å². The molecule has 1 saturated heterocycles. The van der Waals surface area contributed by atoms with Crippen molar-refractivity contribution in [2.45, 2.75) is 28.9 Å². The molecule has 1 N–H and O–H groups in total. The summed E-state index contributed by atoms with van der Waals surface area (Å²) < 4.78 is 47.3. The van der Waals surface area contributed by atoms with Crippen molar-refractivity contribution in [2.24, 2.45) is 5.92 Å².